The van der Waals surface area contributed by atoms with Crippen LogP contribution in [0.25, 0.3) is 0 Å². The molecule has 40 heavy (non-hydrogen) atoms. The molecule has 2 aromatic heterocycles. The summed E-state index contributed by atoms with van der Waals surface area (Å²) in [4.78, 5) is 30.0. The molecule has 0 spiro atoms. The molecular weight excluding hydrogens is 498 g/mol. The van der Waals surface area contributed by atoms with Crippen LogP contribution < -0.4 is 10.6 Å². The summed E-state index contributed by atoms with van der Waals surface area (Å²) >= 11 is 0. The van der Waals surface area contributed by atoms with E-state index >= 15 is 0 Å². The van der Waals surface area contributed by atoms with E-state index in [4.69, 9.17) is 4.42 Å². The van der Waals surface area contributed by atoms with Gasteiger partial charge in [0.25, 0.3) is 11.8 Å². The Hall–Kier alpha value is -4.19. The van der Waals surface area contributed by atoms with Crippen molar-refractivity contribution in [2.75, 3.05) is 5.32 Å². The smallest absolute Gasteiger partial charge is 0.291 e. The van der Waals surface area contributed by atoms with Crippen LogP contribution in [0.4, 0.5) is 5.69 Å². The monoisotopic (exact) mass is 535 g/mol. The van der Waals surface area contributed by atoms with E-state index in [-0.39, 0.29) is 22.5 Å². The Kier molecular flexibility index (Phi) is 7.37. The molecule has 0 fully saturated rings. The van der Waals surface area contributed by atoms with Crippen LogP contribution in [0.3, 0.4) is 0 Å². The zero-order chi connectivity index (χ0) is 28.5. The van der Waals surface area contributed by atoms with E-state index in [1.807, 2.05) is 18.2 Å². The van der Waals surface area contributed by atoms with Gasteiger partial charge in [0.15, 0.2) is 5.76 Å². The molecule has 1 aliphatic carbocycles. The van der Waals surface area contributed by atoms with Gasteiger partial charge in [-0.05, 0) is 94.8 Å². The Balaban J connectivity index is 1.30. The van der Waals surface area contributed by atoms with Crippen LogP contribution in [0.5, 0.6) is 0 Å². The summed E-state index contributed by atoms with van der Waals surface area (Å²) in [6, 6.07) is 18.9. The van der Waals surface area contributed by atoms with Crippen LogP contribution in [-0.2, 0) is 23.8 Å². The van der Waals surface area contributed by atoms with Gasteiger partial charge in [-0.1, -0.05) is 52.0 Å². The van der Waals surface area contributed by atoms with Crippen molar-refractivity contribution in [3.8, 4) is 0 Å². The van der Waals surface area contributed by atoms with Gasteiger partial charge in [0.1, 0.15) is 5.76 Å². The molecule has 0 unspecified atom stereocenters. The second kappa shape index (κ2) is 10.8. The number of aromatic nitrogens is 1. The lowest BCUT2D eigenvalue weighted by atomic mass is 9.62. The molecule has 0 saturated heterocycles. The average molecular weight is 536 g/mol. The number of anilines is 1. The summed E-state index contributed by atoms with van der Waals surface area (Å²) < 4.78 is 6.00. The molecule has 206 valence electrons. The van der Waals surface area contributed by atoms with Gasteiger partial charge in [-0.2, -0.15) is 0 Å². The van der Waals surface area contributed by atoms with Crippen LogP contribution in [-0.4, -0.2) is 16.8 Å². The molecule has 0 aliphatic heterocycles. The zero-order valence-electron chi connectivity index (χ0n) is 23.9. The average Bonchev–Trinajstić information content (AvgIpc) is 3.40. The van der Waals surface area contributed by atoms with E-state index in [0.29, 0.717) is 24.2 Å². The van der Waals surface area contributed by atoms with E-state index in [1.165, 1.54) is 28.7 Å². The highest BCUT2D eigenvalue weighted by molar-refractivity contribution is 6.07. The first-order chi connectivity index (χ1) is 19.0. The molecule has 4 aromatic rings. The van der Waals surface area contributed by atoms with Crippen molar-refractivity contribution in [1.29, 1.82) is 0 Å². The third-order valence-electron chi connectivity index (χ3n) is 8.18. The number of benzene rings is 2. The second-order valence-corrected chi connectivity index (χ2v) is 12.1. The summed E-state index contributed by atoms with van der Waals surface area (Å²) in [5, 5.41) is 5.75. The normalized spacial score (nSPS) is 15.2. The summed E-state index contributed by atoms with van der Waals surface area (Å²) in [5.74, 6) is 0.260. The number of nitrogens with zero attached hydrogens (tertiary/aromatic N) is 1. The first-order valence-electron chi connectivity index (χ1n) is 13.8. The third kappa shape index (κ3) is 5.71. The minimum Gasteiger partial charge on any atom is -0.456 e. The van der Waals surface area contributed by atoms with E-state index in [0.717, 1.165) is 17.7 Å². The number of amides is 2. The molecular formula is C34H37N3O3. The predicted molar refractivity (Wildman–Crippen MR) is 158 cm³/mol. The van der Waals surface area contributed by atoms with Gasteiger partial charge in [-0.15, -0.1) is 0 Å². The quantitative estimate of drug-likeness (QED) is 0.264. The molecule has 2 N–H and O–H groups in total. The maximum absolute atomic E-state index is 13.1. The number of furan rings is 1. The molecule has 0 bridgehead atoms. The highest BCUT2D eigenvalue weighted by Gasteiger charge is 2.37. The van der Waals surface area contributed by atoms with Gasteiger partial charge in [-0.3, -0.25) is 14.6 Å². The van der Waals surface area contributed by atoms with Crippen molar-refractivity contribution in [3.63, 3.8) is 0 Å². The highest BCUT2D eigenvalue weighted by atomic mass is 16.3. The van der Waals surface area contributed by atoms with Crippen molar-refractivity contribution >= 4 is 17.5 Å². The number of carbonyl (C=O) groups excluding carboxylic acids is 2. The Labute approximate surface area is 236 Å². The Morgan fingerprint density at radius 3 is 2.27 bits per heavy atom. The fourth-order valence-electron chi connectivity index (χ4n) is 5.49. The number of carbonyl (C=O) groups is 2. The summed E-state index contributed by atoms with van der Waals surface area (Å²) in [7, 11) is 0. The fraction of sp³-hybridized carbons (Fsp3) is 0.324. The molecule has 6 nitrogen and oxygen atoms in total. The van der Waals surface area contributed by atoms with E-state index in [2.05, 4.69) is 62.4 Å². The summed E-state index contributed by atoms with van der Waals surface area (Å²) in [5.41, 5.74) is 7.33. The molecule has 6 heteroatoms. The van der Waals surface area contributed by atoms with Crippen LogP contribution in [0.1, 0.15) is 95.0 Å². The van der Waals surface area contributed by atoms with E-state index < -0.39 is 5.91 Å². The highest BCUT2D eigenvalue weighted by Crippen LogP contribution is 2.46. The van der Waals surface area contributed by atoms with Crippen molar-refractivity contribution in [1.82, 2.24) is 10.3 Å². The lowest BCUT2D eigenvalue weighted by Crippen LogP contribution is -2.34. The van der Waals surface area contributed by atoms with Gasteiger partial charge >= 0.3 is 0 Å². The largest absolute Gasteiger partial charge is 0.456 e. The second-order valence-electron chi connectivity index (χ2n) is 12.1. The Bertz CT molecular complexity index is 1550. The Morgan fingerprint density at radius 2 is 1.55 bits per heavy atom. The number of fused-ring (bicyclic) bond motifs is 1. The van der Waals surface area contributed by atoms with Crippen molar-refractivity contribution in [3.05, 3.63) is 118 Å². The van der Waals surface area contributed by atoms with Gasteiger partial charge in [0.05, 0.1) is 11.3 Å². The molecule has 0 atom stereocenters. The van der Waals surface area contributed by atoms with Crippen molar-refractivity contribution < 1.29 is 14.0 Å². The lowest BCUT2D eigenvalue weighted by molar-refractivity contribution is 0.0951. The van der Waals surface area contributed by atoms with E-state index in [9.17, 15) is 9.59 Å². The van der Waals surface area contributed by atoms with Crippen molar-refractivity contribution in [2.24, 2.45) is 0 Å². The number of hydrogen-bond acceptors (Lipinski definition) is 4. The molecule has 0 saturated carbocycles. The molecule has 2 aromatic carbocycles. The number of para-hydroxylation sites is 1. The topological polar surface area (TPSA) is 84.2 Å². The number of rotatable bonds is 7. The first-order valence-corrected chi connectivity index (χ1v) is 13.8. The minimum atomic E-state index is -0.398. The molecule has 5 rings (SSSR count). The zero-order valence-corrected chi connectivity index (χ0v) is 23.9. The number of nitrogens with one attached hydrogen (secondary N) is 2. The SMILES string of the molecule is Cc1cc2c(cc1Cc1ccc(C(=O)Nc3ccccc3C(=O)NCc3ccncc3)o1)C(C)(C)CCC2(C)C. The maximum atomic E-state index is 13.1. The van der Waals surface area contributed by atoms with Gasteiger partial charge in [-0.25, -0.2) is 0 Å². The number of pyridine rings is 1. The maximum Gasteiger partial charge on any atom is 0.291 e. The molecule has 2 amide bonds. The van der Waals surface area contributed by atoms with Crippen LogP contribution in [0.2, 0.25) is 0 Å². The fourth-order valence-corrected chi connectivity index (χ4v) is 5.49. The van der Waals surface area contributed by atoms with Gasteiger partial charge < -0.3 is 15.1 Å². The molecule has 1 aliphatic rings. The molecule has 0 radical (unpaired) electrons. The minimum absolute atomic E-state index is 0.125. The third-order valence-corrected chi connectivity index (χ3v) is 8.18. The standard InChI is InChI=1S/C34H37N3O3/c1-22-18-27-28(34(4,5)15-14-33(27,2)3)20-24(22)19-25-10-11-30(40-25)32(39)37-29-9-7-6-8-26(29)31(38)36-21-23-12-16-35-17-13-23/h6-13,16-18,20H,14-15,19,21H2,1-5H3,(H,36,38)(H,37,39). The van der Waals surface area contributed by atoms with Crippen LogP contribution >= 0.6 is 0 Å². The van der Waals surface area contributed by atoms with Gasteiger partial charge in [0, 0.05) is 25.4 Å². The van der Waals surface area contributed by atoms with Gasteiger partial charge in [0.2, 0.25) is 0 Å². The summed E-state index contributed by atoms with van der Waals surface area (Å²) in [6.07, 6.45) is 6.31. The molecule has 2 heterocycles. The van der Waals surface area contributed by atoms with Crippen molar-refractivity contribution in [2.45, 2.75) is 71.3 Å². The predicted octanol–water partition coefficient (Wildman–Crippen LogP) is 7.11. The Morgan fingerprint density at radius 1 is 0.875 bits per heavy atom. The van der Waals surface area contributed by atoms with Crippen LogP contribution in [0, 0.1) is 6.92 Å². The number of hydrogen-bond donors (Lipinski definition) is 2. The summed E-state index contributed by atoms with van der Waals surface area (Å²) in [6.45, 7) is 11.8. The number of aryl methyl sites for hydroxylation is 1. The van der Waals surface area contributed by atoms with E-state index in [1.54, 1.807) is 42.7 Å². The first kappa shape index (κ1) is 27.4. The van der Waals surface area contributed by atoms with Crippen LogP contribution in [0.15, 0.2) is 77.5 Å². The lowest BCUT2D eigenvalue weighted by Gasteiger charge is -2.42.